The number of halogens is 1. The summed E-state index contributed by atoms with van der Waals surface area (Å²) in [5.41, 5.74) is 0.565. The van der Waals surface area contributed by atoms with Gasteiger partial charge in [0.1, 0.15) is 5.75 Å². The molecule has 16 heavy (non-hydrogen) atoms. The quantitative estimate of drug-likeness (QED) is 0.926. The van der Waals surface area contributed by atoms with Crippen LogP contribution in [-0.4, -0.2) is 18.6 Å². The summed E-state index contributed by atoms with van der Waals surface area (Å²) < 4.78 is 6.05. The van der Waals surface area contributed by atoms with Crippen molar-refractivity contribution in [1.82, 2.24) is 5.32 Å². The van der Waals surface area contributed by atoms with E-state index in [-0.39, 0.29) is 11.4 Å². The Kier molecular flexibility index (Phi) is 2.93. The number of hydrogen-bond acceptors (Lipinski definition) is 2. The van der Waals surface area contributed by atoms with E-state index in [1.165, 1.54) is 0 Å². The number of benzene rings is 1. The molecule has 0 aromatic heterocycles. The van der Waals surface area contributed by atoms with E-state index in [9.17, 15) is 4.79 Å². The number of amides is 1. The van der Waals surface area contributed by atoms with Gasteiger partial charge in [-0.1, -0.05) is 15.9 Å². The average molecular weight is 284 g/mol. The molecule has 1 aromatic rings. The van der Waals surface area contributed by atoms with Gasteiger partial charge in [-0.25, -0.2) is 0 Å². The first-order chi connectivity index (χ1) is 7.54. The highest BCUT2D eigenvalue weighted by atomic mass is 79.9. The molecule has 0 saturated heterocycles. The highest BCUT2D eigenvalue weighted by molar-refractivity contribution is 9.10. The number of rotatable bonds is 3. The van der Waals surface area contributed by atoms with Crippen molar-refractivity contribution in [2.75, 3.05) is 7.11 Å². The van der Waals surface area contributed by atoms with E-state index in [4.69, 9.17) is 4.74 Å². The van der Waals surface area contributed by atoms with Crippen LogP contribution < -0.4 is 10.1 Å². The third-order valence-corrected chi connectivity index (χ3v) is 3.31. The lowest BCUT2D eigenvalue weighted by atomic mass is 10.1. The Labute approximate surface area is 103 Å². The number of nitrogens with one attached hydrogen (secondary N) is 1. The van der Waals surface area contributed by atoms with Gasteiger partial charge >= 0.3 is 0 Å². The largest absolute Gasteiger partial charge is 0.496 e. The first-order valence-corrected chi connectivity index (χ1v) is 5.99. The lowest BCUT2D eigenvalue weighted by Crippen LogP contribution is -2.34. The summed E-state index contributed by atoms with van der Waals surface area (Å²) in [6.07, 6.45) is 2.10. The second kappa shape index (κ2) is 4.09. The zero-order valence-corrected chi connectivity index (χ0v) is 10.9. The fraction of sp³-hybridized carbons (Fsp3) is 0.417. The number of carbonyl (C=O) groups excluding carboxylic acids is 1. The van der Waals surface area contributed by atoms with Crippen LogP contribution in [0, 0.1) is 0 Å². The molecule has 4 heteroatoms. The highest BCUT2D eigenvalue weighted by Gasteiger charge is 2.39. The minimum absolute atomic E-state index is 0.00951. The second-order valence-electron chi connectivity index (χ2n) is 4.36. The maximum Gasteiger partial charge on any atom is 0.255 e. The van der Waals surface area contributed by atoms with Gasteiger partial charge in [0.2, 0.25) is 0 Å². The third kappa shape index (κ3) is 2.38. The minimum Gasteiger partial charge on any atom is -0.496 e. The van der Waals surface area contributed by atoms with Gasteiger partial charge in [-0.2, -0.15) is 0 Å². The Morgan fingerprint density at radius 1 is 1.50 bits per heavy atom. The molecule has 2 rings (SSSR count). The number of carbonyl (C=O) groups is 1. The van der Waals surface area contributed by atoms with Gasteiger partial charge in [-0.15, -0.1) is 0 Å². The van der Waals surface area contributed by atoms with Crippen molar-refractivity contribution in [2.45, 2.75) is 25.3 Å². The molecule has 1 aliphatic carbocycles. The van der Waals surface area contributed by atoms with E-state index in [1.54, 1.807) is 19.2 Å². The minimum atomic E-state index is -0.0712. The van der Waals surface area contributed by atoms with Crippen molar-refractivity contribution >= 4 is 21.8 Å². The number of methoxy groups -OCH3 is 1. The molecule has 0 spiro atoms. The third-order valence-electron chi connectivity index (χ3n) is 2.82. The molecule has 0 heterocycles. The first-order valence-electron chi connectivity index (χ1n) is 5.20. The van der Waals surface area contributed by atoms with E-state index in [0.717, 1.165) is 17.3 Å². The molecule has 0 bridgehead atoms. The van der Waals surface area contributed by atoms with E-state index >= 15 is 0 Å². The molecular weight excluding hydrogens is 270 g/mol. The van der Waals surface area contributed by atoms with Crippen LogP contribution in [0.4, 0.5) is 0 Å². The fourth-order valence-corrected chi connectivity index (χ4v) is 1.87. The van der Waals surface area contributed by atoms with Crippen LogP contribution in [0.1, 0.15) is 30.1 Å². The smallest absolute Gasteiger partial charge is 0.255 e. The van der Waals surface area contributed by atoms with Crippen molar-refractivity contribution in [2.24, 2.45) is 0 Å². The van der Waals surface area contributed by atoms with Crippen molar-refractivity contribution < 1.29 is 9.53 Å². The summed E-state index contributed by atoms with van der Waals surface area (Å²) in [5.74, 6) is 0.531. The number of hydrogen-bond donors (Lipinski definition) is 1. The van der Waals surface area contributed by atoms with Gasteiger partial charge in [0.05, 0.1) is 12.7 Å². The Balaban J connectivity index is 2.24. The summed E-state index contributed by atoms with van der Waals surface area (Å²) in [4.78, 5) is 12.0. The van der Waals surface area contributed by atoms with Crippen LogP contribution in [0.2, 0.25) is 0 Å². The molecule has 1 aliphatic rings. The van der Waals surface area contributed by atoms with Crippen LogP contribution in [0.3, 0.4) is 0 Å². The van der Waals surface area contributed by atoms with Gasteiger partial charge in [0.25, 0.3) is 5.91 Å². The molecule has 1 aromatic carbocycles. The molecule has 1 amide bonds. The maximum absolute atomic E-state index is 12.0. The maximum atomic E-state index is 12.0. The second-order valence-corrected chi connectivity index (χ2v) is 5.28. The van der Waals surface area contributed by atoms with Crippen molar-refractivity contribution in [1.29, 1.82) is 0 Å². The highest BCUT2D eigenvalue weighted by Crippen LogP contribution is 2.35. The van der Waals surface area contributed by atoms with Crippen molar-refractivity contribution in [3.05, 3.63) is 28.2 Å². The number of ether oxygens (including phenoxy) is 1. The monoisotopic (exact) mass is 283 g/mol. The Bertz CT molecular complexity index is 427. The fourth-order valence-electron chi connectivity index (χ4n) is 1.51. The Hall–Kier alpha value is -1.03. The molecule has 1 fully saturated rings. The van der Waals surface area contributed by atoms with E-state index in [2.05, 4.69) is 28.2 Å². The molecule has 0 unspecified atom stereocenters. The standard InChI is InChI=1S/C12H14BrNO2/c1-12(5-6-12)14-11(15)9-7-8(13)3-4-10(9)16-2/h3-4,7H,5-6H2,1-2H3,(H,14,15). The summed E-state index contributed by atoms with van der Waals surface area (Å²) in [5, 5.41) is 3.01. The van der Waals surface area contributed by atoms with Crippen molar-refractivity contribution in [3.63, 3.8) is 0 Å². The summed E-state index contributed by atoms with van der Waals surface area (Å²) in [6.45, 7) is 2.05. The molecule has 3 nitrogen and oxygen atoms in total. The average Bonchev–Trinajstić information content (AvgIpc) is 2.96. The summed E-state index contributed by atoms with van der Waals surface area (Å²) in [6, 6.07) is 5.42. The van der Waals surface area contributed by atoms with Gasteiger partial charge in [0.15, 0.2) is 0 Å². The van der Waals surface area contributed by atoms with Gasteiger partial charge < -0.3 is 10.1 Å². The molecule has 1 N–H and O–H groups in total. The Morgan fingerprint density at radius 3 is 2.75 bits per heavy atom. The normalized spacial score (nSPS) is 16.7. The van der Waals surface area contributed by atoms with E-state index in [0.29, 0.717) is 11.3 Å². The zero-order valence-electron chi connectivity index (χ0n) is 9.34. The lowest BCUT2D eigenvalue weighted by Gasteiger charge is -2.13. The lowest BCUT2D eigenvalue weighted by molar-refractivity contribution is 0.0932. The van der Waals surface area contributed by atoms with E-state index < -0.39 is 0 Å². The molecule has 1 saturated carbocycles. The Morgan fingerprint density at radius 2 is 2.19 bits per heavy atom. The SMILES string of the molecule is COc1ccc(Br)cc1C(=O)NC1(C)CC1. The predicted octanol–water partition coefficient (Wildman–Crippen LogP) is 2.74. The van der Waals surface area contributed by atoms with Crippen LogP contribution in [-0.2, 0) is 0 Å². The van der Waals surface area contributed by atoms with Crippen molar-refractivity contribution in [3.8, 4) is 5.75 Å². The van der Waals surface area contributed by atoms with Crippen LogP contribution in [0.15, 0.2) is 22.7 Å². The van der Waals surface area contributed by atoms with Crippen LogP contribution >= 0.6 is 15.9 Å². The van der Waals surface area contributed by atoms with Gasteiger partial charge in [0, 0.05) is 10.0 Å². The molecule has 0 atom stereocenters. The summed E-state index contributed by atoms with van der Waals surface area (Å²) in [7, 11) is 1.57. The van der Waals surface area contributed by atoms with Gasteiger partial charge in [-0.05, 0) is 38.0 Å². The predicted molar refractivity (Wildman–Crippen MR) is 65.8 cm³/mol. The topological polar surface area (TPSA) is 38.3 Å². The summed E-state index contributed by atoms with van der Waals surface area (Å²) >= 11 is 3.35. The first kappa shape index (κ1) is 11.5. The molecule has 0 radical (unpaired) electrons. The van der Waals surface area contributed by atoms with Crippen LogP contribution in [0.5, 0.6) is 5.75 Å². The van der Waals surface area contributed by atoms with Crippen LogP contribution in [0.25, 0.3) is 0 Å². The molecule has 86 valence electrons. The molecular formula is C12H14BrNO2. The van der Waals surface area contributed by atoms with Gasteiger partial charge in [-0.3, -0.25) is 4.79 Å². The zero-order chi connectivity index (χ0) is 11.8. The molecule has 0 aliphatic heterocycles. The van der Waals surface area contributed by atoms with E-state index in [1.807, 2.05) is 6.07 Å².